The van der Waals surface area contributed by atoms with E-state index in [1.54, 1.807) is 0 Å². The lowest BCUT2D eigenvalue weighted by Gasteiger charge is -2.40. The first-order valence-electron chi connectivity index (χ1n) is 12.1. The van der Waals surface area contributed by atoms with Gasteiger partial charge in [0.05, 0.1) is 17.0 Å². The zero-order valence-electron chi connectivity index (χ0n) is 20.5. The molecule has 3 heterocycles. The standard InChI is InChI=1S/C25H28F2N6O3S/c1-15(2)23-25(34)28-12-16-13-33(37(35,36)17-7-8-19(26)20(27)11-17)10-9-32(16)14-22-29-21-6-4-3-5-18(21)24(30-22)31-23/h3-8,11,15-16,23H,9-10,12-14H2,1-2H3,(H,28,34)(H,29,30,31)/t16?,23-/m0/s1. The molecular formula is C25H28F2N6O3S. The Bertz CT molecular complexity index is 1450. The highest BCUT2D eigenvalue weighted by molar-refractivity contribution is 7.89. The maximum atomic E-state index is 13.8. The number of carbonyl (C=O) groups is 1. The highest BCUT2D eigenvalue weighted by Gasteiger charge is 2.36. The van der Waals surface area contributed by atoms with Gasteiger partial charge >= 0.3 is 0 Å². The van der Waals surface area contributed by atoms with Crippen molar-refractivity contribution in [1.82, 2.24) is 24.5 Å². The zero-order chi connectivity index (χ0) is 26.3. The number of hydrogen-bond acceptors (Lipinski definition) is 7. The number of benzene rings is 2. The second kappa shape index (κ2) is 9.92. The number of carbonyl (C=O) groups excluding carboxylic acids is 1. The molecule has 0 aliphatic carbocycles. The van der Waals surface area contributed by atoms with Crippen LogP contribution in [0.4, 0.5) is 14.6 Å². The van der Waals surface area contributed by atoms with Gasteiger partial charge in [0.15, 0.2) is 11.6 Å². The van der Waals surface area contributed by atoms with Crippen LogP contribution in [0, 0.1) is 17.6 Å². The van der Waals surface area contributed by atoms with Crippen LogP contribution in [0.15, 0.2) is 47.4 Å². The fourth-order valence-electron chi connectivity index (χ4n) is 4.77. The topological polar surface area (TPSA) is 108 Å². The van der Waals surface area contributed by atoms with Crippen molar-refractivity contribution in [3.05, 3.63) is 59.9 Å². The first-order chi connectivity index (χ1) is 17.6. The maximum Gasteiger partial charge on any atom is 0.243 e. The minimum absolute atomic E-state index is 0.0503. The molecular weight excluding hydrogens is 502 g/mol. The molecule has 2 N–H and O–H groups in total. The van der Waals surface area contributed by atoms with E-state index < -0.39 is 27.7 Å². The van der Waals surface area contributed by atoms with Gasteiger partial charge in [-0.3, -0.25) is 9.69 Å². The highest BCUT2D eigenvalue weighted by atomic mass is 32.2. The molecule has 2 atom stereocenters. The fraction of sp³-hybridized carbons (Fsp3) is 0.400. The molecule has 0 saturated carbocycles. The molecule has 1 saturated heterocycles. The summed E-state index contributed by atoms with van der Waals surface area (Å²) in [6.45, 7) is 4.96. The lowest BCUT2D eigenvalue weighted by Crippen LogP contribution is -2.58. The summed E-state index contributed by atoms with van der Waals surface area (Å²) in [5.41, 5.74) is 0.744. The van der Waals surface area contributed by atoms with E-state index in [0.717, 1.165) is 23.0 Å². The largest absolute Gasteiger partial charge is 0.358 e. The number of halogens is 2. The lowest BCUT2D eigenvalue weighted by molar-refractivity contribution is -0.123. The normalized spacial score (nSPS) is 21.7. The molecule has 0 radical (unpaired) electrons. The number of anilines is 1. The Labute approximate surface area is 213 Å². The van der Waals surface area contributed by atoms with E-state index in [1.165, 1.54) is 4.31 Å². The predicted molar refractivity (Wildman–Crippen MR) is 134 cm³/mol. The van der Waals surface area contributed by atoms with Gasteiger partial charge < -0.3 is 10.6 Å². The van der Waals surface area contributed by atoms with Gasteiger partial charge in [-0.1, -0.05) is 26.0 Å². The molecule has 2 bridgehead atoms. The number of sulfonamides is 1. The first kappa shape index (κ1) is 25.4. The van der Waals surface area contributed by atoms with Gasteiger partial charge in [-0.15, -0.1) is 0 Å². The third-order valence-electron chi connectivity index (χ3n) is 6.84. The SMILES string of the molecule is CC(C)[C@@H]1Nc2nc(nc3ccccc23)CN2CCN(S(=O)(=O)c3ccc(F)c(F)c3)CC2CNC1=O. The summed E-state index contributed by atoms with van der Waals surface area (Å²) in [5.74, 6) is -1.48. The molecule has 1 amide bonds. The second-order valence-corrected chi connectivity index (χ2v) is 11.6. The summed E-state index contributed by atoms with van der Waals surface area (Å²) in [6, 6.07) is 9.17. The minimum Gasteiger partial charge on any atom is -0.358 e. The summed E-state index contributed by atoms with van der Waals surface area (Å²) in [5, 5.41) is 7.08. The zero-order valence-corrected chi connectivity index (χ0v) is 21.3. The second-order valence-electron chi connectivity index (χ2n) is 9.68. The van der Waals surface area contributed by atoms with Gasteiger partial charge in [-0.05, 0) is 36.2 Å². The van der Waals surface area contributed by atoms with E-state index in [9.17, 15) is 22.0 Å². The van der Waals surface area contributed by atoms with Crippen LogP contribution in [0.25, 0.3) is 10.9 Å². The number of hydrogen-bond donors (Lipinski definition) is 2. The molecule has 0 spiro atoms. The van der Waals surface area contributed by atoms with Crippen LogP contribution >= 0.6 is 0 Å². The molecule has 2 aliphatic heterocycles. The van der Waals surface area contributed by atoms with E-state index in [0.29, 0.717) is 30.8 Å². The molecule has 5 rings (SSSR count). The molecule has 1 fully saturated rings. The number of para-hydroxylation sites is 1. The van der Waals surface area contributed by atoms with E-state index in [2.05, 4.69) is 10.6 Å². The Morgan fingerprint density at radius 2 is 1.84 bits per heavy atom. The van der Waals surface area contributed by atoms with Gasteiger partial charge in [0.1, 0.15) is 17.7 Å². The number of aromatic nitrogens is 2. The minimum atomic E-state index is -4.07. The van der Waals surface area contributed by atoms with Crippen molar-refractivity contribution in [2.75, 3.05) is 31.5 Å². The van der Waals surface area contributed by atoms with Gasteiger partial charge in [0, 0.05) is 37.6 Å². The molecule has 1 unspecified atom stereocenters. The number of amides is 1. The summed E-state index contributed by atoms with van der Waals surface area (Å²) < 4.78 is 54.9. The summed E-state index contributed by atoms with van der Waals surface area (Å²) in [4.78, 5) is 24.4. The Hall–Kier alpha value is -3.22. The third-order valence-corrected chi connectivity index (χ3v) is 8.70. The fourth-order valence-corrected chi connectivity index (χ4v) is 6.25. The van der Waals surface area contributed by atoms with E-state index in [4.69, 9.17) is 9.97 Å². The molecule has 9 nitrogen and oxygen atoms in total. The van der Waals surface area contributed by atoms with Crippen molar-refractivity contribution in [3.63, 3.8) is 0 Å². The quantitative estimate of drug-likeness (QED) is 0.535. The van der Waals surface area contributed by atoms with Crippen LogP contribution in [-0.4, -0.2) is 71.8 Å². The Morgan fingerprint density at radius 3 is 2.59 bits per heavy atom. The monoisotopic (exact) mass is 530 g/mol. The van der Waals surface area contributed by atoms with Crippen LogP contribution < -0.4 is 10.6 Å². The summed E-state index contributed by atoms with van der Waals surface area (Å²) >= 11 is 0. The van der Waals surface area contributed by atoms with Crippen molar-refractivity contribution in [2.45, 2.75) is 37.4 Å². The van der Waals surface area contributed by atoms with E-state index >= 15 is 0 Å². The number of nitrogens with one attached hydrogen (secondary N) is 2. The molecule has 196 valence electrons. The number of piperazine rings is 1. The number of rotatable bonds is 3. The maximum absolute atomic E-state index is 13.8. The van der Waals surface area contributed by atoms with Crippen molar-refractivity contribution in [2.24, 2.45) is 5.92 Å². The van der Waals surface area contributed by atoms with Crippen molar-refractivity contribution < 1.29 is 22.0 Å². The van der Waals surface area contributed by atoms with E-state index in [1.807, 2.05) is 43.0 Å². The third kappa shape index (κ3) is 5.00. The molecule has 37 heavy (non-hydrogen) atoms. The number of nitrogens with zero attached hydrogens (tertiary/aromatic N) is 4. The highest BCUT2D eigenvalue weighted by Crippen LogP contribution is 2.26. The Morgan fingerprint density at radius 1 is 1.05 bits per heavy atom. The van der Waals surface area contributed by atoms with Gasteiger partial charge in [0.2, 0.25) is 15.9 Å². The van der Waals surface area contributed by atoms with Crippen LogP contribution in [0.5, 0.6) is 0 Å². The summed E-state index contributed by atoms with van der Waals surface area (Å²) in [6.07, 6.45) is 0. The molecule has 2 aromatic carbocycles. The van der Waals surface area contributed by atoms with Crippen LogP contribution in [0.1, 0.15) is 19.7 Å². The van der Waals surface area contributed by atoms with Crippen LogP contribution in [0.2, 0.25) is 0 Å². The predicted octanol–water partition coefficient (Wildman–Crippen LogP) is 2.35. The average Bonchev–Trinajstić information content (AvgIpc) is 2.89. The Balaban J connectivity index is 1.48. The van der Waals surface area contributed by atoms with Crippen molar-refractivity contribution in [1.29, 1.82) is 0 Å². The van der Waals surface area contributed by atoms with E-state index in [-0.39, 0.29) is 42.4 Å². The van der Waals surface area contributed by atoms with Crippen LogP contribution in [0.3, 0.4) is 0 Å². The Kier molecular flexibility index (Phi) is 6.82. The summed E-state index contributed by atoms with van der Waals surface area (Å²) in [7, 11) is -4.07. The van der Waals surface area contributed by atoms with Crippen molar-refractivity contribution in [3.8, 4) is 0 Å². The smallest absolute Gasteiger partial charge is 0.243 e. The van der Waals surface area contributed by atoms with Gasteiger partial charge in [-0.25, -0.2) is 27.2 Å². The van der Waals surface area contributed by atoms with Gasteiger partial charge in [0.25, 0.3) is 0 Å². The lowest BCUT2D eigenvalue weighted by atomic mass is 10.0. The van der Waals surface area contributed by atoms with Crippen LogP contribution in [-0.2, 0) is 21.4 Å². The van der Waals surface area contributed by atoms with Gasteiger partial charge in [-0.2, -0.15) is 4.31 Å². The average molecular weight is 531 g/mol. The number of fused-ring (bicyclic) bond motifs is 5. The molecule has 1 aromatic heterocycles. The molecule has 12 heteroatoms. The van der Waals surface area contributed by atoms with Crippen molar-refractivity contribution >= 4 is 32.7 Å². The molecule has 3 aromatic rings. The first-order valence-corrected chi connectivity index (χ1v) is 13.6. The molecule has 2 aliphatic rings.